The average molecular weight is 477 g/mol. The molecule has 2 fully saturated rings. The van der Waals surface area contributed by atoms with Gasteiger partial charge in [0.15, 0.2) is 12.2 Å². The summed E-state index contributed by atoms with van der Waals surface area (Å²) in [6.45, 7) is 3.23. The van der Waals surface area contributed by atoms with Crippen LogP contribution in [0.3, 0.4) is 0 Å². The lowest BCUT2D eigenvalue weighted by Crippen LogP contribution is -2.54. The lowest BCUT2D eigenvalue weighted by atomic mass is 10.0. The number of aliphatic hydroxyl groups excluding tert-OH is 3. The zero-order valence-corrected chi connectivity index (χ0v) is 19.8. The number of ether oxygens (including phenoxy) is 5. The molecule has 6 atom stereocenters. The van der Waals surface area contributed by atoms with Crippen LogP contribution >= 0.6 is 0 Å². The first-order chi connectivity index (χ1) is 15.9. The van der Waals surface area contributed by atoms with E-state index < -0.39 is 49.1 Å². The van der Waals surface area contributed by atoms with Gasteiger partial charge in [-0.3, -0.25) is 9.59 Å². The standard InChI is InChI=1S/C23H40O10/c1-3-5-7-8-10-11-18(25)29-14-16(31-19(26)12-9-6-4-2)15-30-23-22(33-23)21(28)20(27)17(13-24)32-23/h16-17,20-22,24,27-28H,3-15H2,1-2H3/t16-,17-,20+,21+,22-,23-/m1/s1. The predicted octanol–water partition coefficient (Wildman–Crippen LogP) is 1.56. The number of hydrogen-bond acceptors (Lipinski definition) is 10. The van der Waals surface area contributed by atoms with Gasteiger partial charge in [-0.15, -0.1) is 0 Å². The Morgan fingerprint density at radius 3 is 2.21 bits per heavy atom. The van der Waals surface area contributed by atoms with Crippen LogP contribution in [0.4, 0.5) is 0 Å². The van der Waals surface area contributed by atoms with E-state index in [0.717, 1.165) is 44.9 Å². The molecule has 2 heterocycles. The Morgan fingerprint density at radius 1 is 0.879 bits per heavy atom. The van der Waals surface area contributed by atoms with Gasteiger partial charge in [-0.05, 0) is 12.8 Å². The molecule has 0 unspecified atom stereocenters. The first kappa shape index (κ1) is 27.9. The van der Waals surface area contributed by atoms with E-state index in [1.165, 1.54) is 0 Å². The summed E-state index contributed by atoms with van der Waals surface area (Å²) in [6, 6.07) is 0. The molecule has 0 aromatic heterocycles. The number of carbonyl (C=O) groups excluding carboxylic acids is 2. The molecule has 0 spiro atoms. The zero-order chi connectivity index (χ0) is 24.3. The molecule has 2 aliphatic heterocycles. The summed E-state index contributed by atoms with van der Waals surface area (Å²) in [4.78, 5) is 24.3. The van der Waals surface area contributed by atoms with Crippen LogP contribution in [-0.4, -0.2) is 83.6 Å². The molecule has 0 saturated carbocycles. The fourth-order valence-electron chi connectivity index (χ4n) is 3.71. The number of carbonyl (C=O) groups is 2. The molecule has 10 heteroatoms. The summed E-state index contributed by atoms with van der Waals surface area (Å²) < 4.78 is 27.2. The van der Waals surface area contributed by atoms with Gasteiger partial charge in [0.1, 0.15) is 24.9 Å². The smallest absolute Gasteiger partial charge is 0.315 e. The maximum atomic E-state index is 12.2. The van der Waals surface area contributed by atoms with E-state index in [0.29, 0.717) is 12.8 Å². The fourth-order valence-corrected chi connectivity index (χ4v) is 3.71. The number of hydrogen-bond donors (Lipinski definition) is 3. The van der Waals surface area contributed by atoms with Crippen LogP contribution in [0.1, 0.15) is 78.1 Å². The molecule has 33 heavy (non-hydrogen) atoms. The third-order valence-corrected chi connectivity index (χ3v) is 5.79. The van der Waals surface area contributed by atoms with E-state index in [4.69, 9.17) is 23.7 Å². The molecular formula is C23H40O10. The van der Waals surface area contributed by atoms with E-state index in [-0.39, 0.29) is 25.6 Å². The lowest BCUT2D eigenvalue weighted by Gasteiger charge is -2.32. The van der Waals surface area contributed by atoms with Gasteiger partial charge < -0.3 is 39.0 Å². The number of unbranched alkanes of at least 4 members (excludes halogenated alkanes) is 6. The minimum absolute atomic E-state index is 0.178. The van der Waals surface area contributed by atoms with E-state index in [1.807, 2.05) is 6.92 Å². The van der Waals surface area contributed by atoms with Crippen molar-refractivity contribution >= 4 is 11.9 Å². The normalized spacial score (nSPS) is 29.2. The monoisotopic (exact) mass is 476 g/mol. The number of fused-ring (bicyclic) bond motifs is 1. The maximum Gasteiger partial charge on any atom is 0.315 e. The molecule has 2 saturated heterocycles. The summed E-state index contributed by atoms with van der Waals surface area (Å²) in [5.74, 6) is -2.43. The third-order valence-electron chi connectivity index (χ3n) is 5.79. The lowest BCUT2D eigenvalue weighted by molar-refractivity contribution is -0.294. The molecule has 0 bridgehead atoms. The topological polar surface area (TPSA) is 144 Å². The van der Waals surface area contributed by atoms with Crippen LogP contribution in [0, 0.1) is 0 Å². The first-order valence-corrected chi connectivity index (χ1v) is 12.2. The fraction of sp³-hybridized carbons (Fsp3) is 0.913. The Morgan fingerprint density at radius 2 is 1.52 bits per heavy atom. The van der Waals surface area contributed by atoms with Crippen LogP contribution in [0.15, 0.2) is 0 Å². The highest BCUT2D eigenvalue weighted by Crippen LogP contribution is 2.47. The second kappa shape index (κ2) is 14.2. The van der Waals surface area contributed by atoms with Crippen LogP contribution in [0.5, 0.6) is 0 Å². The van der Waals surface area contributed by atoms with E-state index >= 15 is 0 Å². The molecule has 2 rings (SSSR count). The molecule has 10 nitrogen and oxygen atoms in total. The van der Waals surface area contributed by atoms with E-state index in [2.05, 4.69) is 6.92 Å². The number of esters is 2. The summed E-state index contributed by atoms with van der Waals surface area (Å²) >= 11 is 0. The van der Waals surface area contributed by atoms with Gasteiger partial charge in [0.2, 0.25) is 0 Å². The van der Waals surface area contributed by atoms with Crippen molar-refractivity contribution in [3.63, 3.8) is 0 Å². The van der Waals surface area contributed by atoms with E-state index in [1.54, 1.807) is 0 Å². The Hall–Kier alpha value is -1.30. The first-order valence-electron chi connectivity index (χ1n) is 12.2. The number of epoxide rings is 1. The van der Waals surface area contributed by atoms with Crippen LogP contribution in [-0.2, 0) is 33.3 Å². The molecule has 0 amide bonds. The predicted molar refractivity (Wildman–Crippen MR) is 116 cm³/mol. The van der Waals surface area contributed by atoms with Gasteiger partial charge in [0.05, 0.1) is 13.2 Å². The summed E-state index contributed by atoms with van der Waals surface area (Å²) in [7, 11) is 0. The Labute approximate surface area is 195 Å². The minimum Gasteiger partial charge on any atom is -0.462 e. The minimum atomic E-state index is -1.64. The SMILES string of the molecule is CCCCCCCC(=O)OC[C@H](CO[C@]12O[C@@H]1[C@@H](O)[C@@H](O)[C@@H](CO)O2)OC(=O)CCCCC. The zero-order valence-electron chi connectivity index (χ0n) is 19.8. The quantitative estimate of drug-likeness (QED) is 0.161. The molecule has 192 valence electrons. The maximum absolute atomic E-state index is 12.2. The summed E-state index contributed by atoms with van der Waals surface area (Å²) in [5.41, 5.74) is 0. The van der Waals surface area contributed by atoms with Gasteiger partial charge in [0.25, 0.3) is 0 Å². The van der Waals surface area contributed by atoms with Crippen molar-refractivity contribution in [1.29, 1.82) is 0 Å². The van der Waals surface area contributed by atoms with Gasteiger partial charge >= 0.3 is 17.9 Å². The Balaban J connectivity index is 1.85. The molecule has 2 aliphatic rings. The van der Waals surface area contributed by atoms with Crippen LogP contribution < -0.4 is 0 Å². The van der Waals surface area contributed by atoms with Gasteiger partial charge in [-0.1, -0.05) is 52.4 Å². The van der Waals surface area contributed by atoms with Crippen molar-refractivity contribution in [2.75, 3.05) is 19.8 Å². The molecule has 0 aromatic rings. The van der Waals surface area contributed by atoms with E-state index in [9.17, 15) is 24.9 Å². The van der Waals surface area contributed by atoms with Gasteiger partial charge in [-0.25, -0.2) is 0 Å². The molecule has 3 N–H and O–H groups in total. The van der Waals surface area contributed by atoms with Crippen molar-refractivity contribution in [2.45, 2.75) is 115 Å². The van der Waals surface area contributed by atoms with Gasteiger partial charge in [-0.2, -0.15) is 0 Å². The Bertz CT molecular complexity index is 600. The average Bonchev–Trinajstić information content (AvgIpc) is 3.53. The number of rotatable bonds is 17. The van der Waals surface area contributed by atoms with Crippen molar-refractivity contribution in [1.82, 2.24) is 0 Å². The van der Waals surface area contributed by atoms with Crippen LogP contribution in [0.25, 0.3) is 0 Å². The summed E-state index contributed by atoms with van der Waals surface area (Å²) in [6.07, 6.45) is 2.63. The Kier molecular flexibility index (Phi) is 12.0. The van der Waals surface area contributed by atoms with Crippen molar-refractivity contribution < 1.29 is 48.6 Å². The van der Waals surface area contributed by atoms with Crippen molar-refractivity contribution in [2.24, 2.45) is 0 Å². The van der Waals surface area contributed by atoms with Crippen molar-refractivity contribution in [3.8, 4) is 0 Å². The molecule has 0 aromatic carbocycles. The molecular weight excluding hydrogens is 436 g/mol. The second-order valence-electron chi connectivity index (χ2n) is 8.69. The highest BCUT2D eigenvalue weighted by atomic mass is 17.0. The largest absolute Gasteiger partial charge is 0.462 e. The van der Waals surface area contributed by atoms with Crippen molar-refractivity contribution in [3.05, 3.63) is 0 Å². The highest BCUT2D eigenvalue weighted by molar-refractivity contribution is 5.70. The molecule has 0 radical (unpaired) electrons. The molecule has 0 aliphatic carbocycles. The van der Waals surface area contributed by atoms with Gasteiger partial charge in [0, 0.05) is 12.8 Å². The third kappa shape index (κ3) is 8.77. The van der Waals surface area contributed by atoms with Crippen LogP contribution in [0.2, 0.25) is 0 Å². The second-order valence-corrected chi connectivity index (χ2v) is 8.69. The number of aliphatic hydroxyl groups is 3. The highest BCUT2D eigenvalue weighted by Gasteiger charge is 2.70. The summed E-state index contributed by atoms with van der Waals surface area (Å²) in [5, 5.41) is 29.4.